The Labute approximate surface area is 135 Å². The standard InChI is InChI=1S/C13H15ClFIN2O2/c1-19-7-8(20-2)6-18-12-3-9(15)10(16)4-11(12)17-13(18)5-14/h3-4,8H,5-7H2,1-2H3. The summed E-state index contributed by atoms with van der Waals surface area (Å²) in [4.78, 5) is 4.44. The molecule has 0 aliphatic rings. The van der Waals surface area contributed by atoms with Crippen LogP contribution in [0.1, 0.15) is 5.82 Å². The van der Waals surface area contributed by atoms with E-state index >= 15 is 0 Å². The maximum atomic E-state index is 13.8. The van der Waals surface area contributed by atoms with Crippen LogP contribution in [0.2, 0.25) is 0 Å². The van der Waals surface area contributed by atoms with Gasteiger partial charge < -0.3 is 14.0 Å². The van der Waals surface area contributed by atoms with Gasteiger partial charge in [-0.15, -0.1) is 11.6 Å². The quantitative estimate of drug-likeness (QED) is 0.540. The molecule has 1 aromatic heterocycles. The van der Waals surface area contributed by atoms with Gasteiger partial charge in [-0.3, -0.25) is 0 Å². The molecule has 7 heteroatoms. The van der Waals surface area contributed by atoms with Gasteiger partial charge in [0, 0.05) is 20.3 Å². The van der Waals surface area contributed by atoms with Gasteiger partial charge in [0.15, 0.2) is 0 Å². The van der Waals surface area contributed by atoms with Crippen LogP contribution in [0, 0.1) is 9.39 Å². The fraction of sp³-hybridized carbons (Fsp3) is 0.462. The third kappa shape index (κ3) is 3.24. The molecule has 1 unspecified atom stereocenters. The molecule has 0 saturated heterocycles. The fourth-order valence-corrected chi connectivity index (χ4v) is 2.72. The summed E-state index contributed by atoms with van der Waals surface area (Å²) in [6, 6.07) is 3.20. The molecule has 0 amide bonds. The Balaban J connectivity index is 2.46. The number of rotatable bonds is 6. The van der Waals surface area contributed by atoms with Crippen molar-refractivity contribution in [1.29, 1.82) is 0 Å². The van der Waals surface area contributed by atoms with Crippen LogP contribution in [0.15, 0.2) is 12.1 Å². The SMILES string of the molecule is COCC(Cn1c(CCl)nc2cc(I)c(F)cc21)OC. The molecule has 2 aromatic rings. The van der Waals surface area contributed by atoms with Crippen LogP contribution in [-0.2, 0) is 21.9 Å². The molecule has 0 fully saturated rings. The van der Waals surface area contributed by atoms with Gasteiger partial charge in [-0.05, 0) is 28.7 Å². The van der Waals surface area contributed by atoms with Crippen molar-refractivity contribution in [2.24, 2.45) is 0 Å². The number of halogens is 3. The summed E-state index contributed by atoms with van der Waals surface area (Å²) < 4.78 is 26.7. The van der Waals surface area contributed by atoms with E-state index < -0.39 is 0 Å². The number of imidazole rings is 1. The van der Waals surface area contributed by atoms with E-state index in [9.17, 15) is 4.39 Å². The first-order valence-electron chi connectivity index (χ1n) is 6.02. The first kappa shape index (κ1) is 15.9. The Hall–Kier alpha value is -0.440. The molecule has 0 bridgehead atoms. The minimum absolute atomic E-state index is 0.137. The van der Waals surface area contributed by atoms with Crippen molar-refractivity contribution in [2.45, 2.75) is 18.5 Å². The van der Waals surface area contributed by atoms with Crippen LogP contribution in [0.4, 0.5) is 4.39 Å². The highest BCUT2D eigenvalue weighted by Crippen LogP contribution is 2.23. The molecule has 1 aromatic carbocycles. The average molecular weight is 413 g/mol. The predicted octanol–water partition coefficient (Wildman–Crippen LogP) is 3.18. The van der Waals surface area contributed by atoms with Gasteiger partial charge in [0.1, 0.15) is 11.6 Å². The molecule has 2 rings (SSSR count). The number of methoxy groups -OCH3 is 2. The van der Waals surface area contributed by atoms with Crippen molar-refractivity contribution >= 4 is 45.2 Å². The number of ether oxygens (including phenoxy) is 2. The number of alkyl halides is 1. The highest BCUT2D eigenvalue weighted by atomic mass is 127. The molecule has 1 atom stereocenters. The molecule has 110 valence electrons. The molecule has 0 aliphatic carbocycles. The maximum absolute atomic E-state index is 13.8. The van der Waals surface area contributed by atoms with Crippen molar-refractivity contribution in [2.75, 3.05) is 20.8 Å². The van der Waals surface area contributed by atoms with Gasteiger partial charge in [0.25, 0.3) is 0 Å². The Bertz CT molecular complexity index is 606. The smallest absolute Gasteiger partial charge is 0.138 e. The zero-order chi connectivity index (χ0) is 14.7. The summed E-state index contributed by atoms with van der Waals surface area (Å²) in [5, 5.41) is 0. The Kier molecular flexibility index (Phi) is 5.59. The third-order valence-corrected chi connectivity index (χ3v) is 4.13. The van der Waals surface area contributed by atoms with Crippen molar-refractivity contribution < 1.29 is 13.9 Å². The van der Waals surface area contributed by atoms with E-state index in [0.29, 0.717) is 22.5 Å². The topological polar surface area (TPSA) is 36.3 Å². The number of hydrogen-bond acceptors (Lipinski definition) is 3. The van der Waals surface area contributed by atoms with Gasteiger partial charge in [-0.25, -0.2) is 9.37 Å². The lowest BCUT2D eigenvalue weighted by molar-refractivity contribution is 0.0186. The van der Waals surface area contributed by atoms with Crippen LogP contribution in [0.5, 0.6) is 0 Å². The molecular weight excluding hydrogens is 398 g/mol. The lowest BCUT2D eigenvalue weighted by Gasteiger charge is -2.17. The van der Waals surface area contributed by atoms with Crippen molar-refractivity contribution in [3.05, 3.63) is 27.3 Å². The van der Waals surface area contributed by atoms with Crippen LogP contribution in [-0.4, -0.2) is 36.5 Å². The molecule has 0 spiro atoms. The number of aromatic nitrogens is 2. The molecule has 0 N–H and O–H groups in total. The van der Waals surface area contributed by atoms with Crippen molar-refractivity contribution in [3.63, 3.8) is 0 Å². The number of hydrogen-bond donors (Lipinski definition) is 0. The number of fused-ring (bicyclic) bond motifs is 1. The predicted molar refractivity (Wildman–Crippen MR) is 84.6 cm³/mol. The number of benzene rings is 1. The van der Waals surface area contributed by atoms with Gasteiger partial charge in [-0.1, -0.05) is 0 Å². The summed E-state index contributed by atoms with van der Waals surface area (Å²) in [6.07, 6.45) is -0.137. The Morgan fingerprint density at radius 3 is 2.80 bits per heavy atom. The minimum Gasteiger partial charge on any atom is -0.382 e. The molecular formula is C13H15ClFIN2O2. The molecule has 1 heterocycles. The largest absolute Gasteiger partial charge is 0.382 e. The maximum Gasteiger partial charge on any atom is 0.138 e. The van der Waals surface area contributed by atoms with E-state index in [1.807, 2.05) is 27.2 Å². The zero-order valence-electron chi connectivity index (χ0n) is 11.2. The van der Waals surface area contributed by atoms with E-state index in [-0.39, 0.29) is 17.8 Å². The van der Waals surface area contributed by atoms with Crippen molar-refractivity contribution in [3.8, 4) is 0 Å². The fourth-order valence-electron chi connectivity index (χ4n) is 2.06. The molecule has 0 saturated carbocycles. The second-order valence-electron chi connectivity index (χ2n) is 4.34. The second kappa shape index (κ2) is 7.02. The Morgan fingerprint density at radius 1 is 1.45 bits per heavy atom. The van der Waals surface area contributed by atoms with E-state index in [0.717, 1.165) is 11.0 Å². The van der Waals surface area contributed by atoms with E-state index in [4.69, 9.17) is 21.1 Å². The van der Waals surface area contributed by atoms with Crippen LogP contribution in [0.3, 0.4) is 0 Å². The van der Waals surface area contributed by atoms with E-state index in [2.05, 4.69) is 4.98 Å². The van der Waals surface area contributed by atoms with Crippen LogP contribution in [0.25, 0.3) is 11.0 Å². The monoisotopic (exact) mass is 412 g/mol. The van der Waals surface area contributed by atoms with Crippen LogP contribution >= 0.6 is 34.2 Å². The lowest BCUT2D eigenvalue weighted by atomic mass is 10.3. The summed E-state index contributed by atoms with van der Waals surface area (Å²) in [6.45, 7) is 0.966. The molecule has 0 aliphatic heterocycles. The first-order chi connectivity index (χ1) is 9.60. The second-order valence-corrected chi connectivity index (χ2v) is 5.77. The van der Waals surface area contributed by atoms with Gasteiger partial charge in [-0.2, -0.15) is 0 Å². The summed E-state index contributed by atoms with van der Waals surface area (Å²) >= 11 is 7.89. The number of nitrogens with zero attached hydrogens (tertiary/aromatic N) is 2. The molecule has 0 radical (unpaired) electrons. The first-order valence-corrected chi connectivity index (χ1v) is 7.63. The van der Waals surface area contributed by atoms with E-state index in [1.54, 1.807) is 20.3 Å². The molecule has 20 heavy (non-hydrogen) atoms. The average Bonchev–Trinajstić information content (AvgIpc) is 2.76. The third-order valence-electron chi connectivity index (χ3n) is 3.06. The van der Waals surface area contributed by atoms with Crippen molar-refractivity contribution in [1.82, 2.24) is 9.55 Å². The van der Waals surface area contributed by atoms with Gasteiger partial charge >= 0.3 is 0 Å². The lowest BCUT2D eigenvalue weighted by Crippen LogP contribution is -2.24. The van der Waals surface area contributed by atoms with E-state index in [1.165, 1.54) is 6.07 Å². The highest BCUT2D eigenvalue weighted by Gasteiger charge is 2.16. The summed E-state index contributed by atoms with van der Waals surface area (Å²) in [5.74, 6) is 0.693. The van der Waals surface area contributed by atoms with Gasteiger partial charge in [0.05, 0.1) is 39.7 Å². The van der Waals surface area contributed by atoms with Gasteiger partial charge in [0.2, 0.25) is 0 Å². The summed E-state index contributed by atoms with van der Waals surface area (Å²) in [7, 11) is 3.23. The zero-order valence-corrected chi connectivity index (χ0v) is 14.1. The Morgan fingerprint density at radius 2 is 2.20 bits per heavy atom. The highest BCUT2D eigenvalue weighted by molar-refractivity contribution is 14.1. The molecule has 4 nitrogen and oxygen atoms in total. The van der Waals surface area contributed by atoms with Crippen LogP contribution < -0.4 is 0 Å². The normalized spacial score (nSPS) is 13.1. The minimum atomic E-state index is -0.263. The summed E-state index contributed by atoms with van der Waals surface area (Å²) in [5.41, 5.74) is 1.45.